The number of hydrogen-bond acceptors (Lipinski definition) is 4. The highest BCUT2D eigenvalue weighted by Gasteiger charge is 2.37. The van der Waals surface area contributed by atoms with Crippen LogP contribution in [0.1, 0.15) is 5.56 Å². The van der Waals surface area contributed by atoms with Crippen molar-refractivity contribution in [2.45, 2.75) is 6.54 Å². The van der Waals surface area contributed by atoms with Crippen LogP contribution in [0.15, 0.2) is 60.3 Å². The zero-order valence-electron chi connectivity index (χ0n) is 17.0. The molecule has 0 aliphatic carbocycles. The summed E-state index contributed by atoms with van der Waals surface area (Å²) in [5.41, 5.74) is 1.59. The van der Waals surface area contributed by atoms with Crippen LogP contribution in [0.4, 0.5) is 4.79 Å². The predicted molar refractivity (Wildman–Crippen MR) is 118 cm³/mol. The number of amides is 4. The molecular weight excluding hydrogens is 418 g/mol. The normalized spacial score (nSPS) is 14.5. The number of para-hydroxylation sites is 2. The molecule has 3 aromatic rings. The van der Waals surface area contributed by atoms with Crippen molar-refractivity contribution in [3.8, 4) is 5.75 Å². The van der Waals surface area contributed by atoms with E-state index in [1.54, 1.807) is 12.1 Å². The van der Waals surface area contributed by atoms with Gasteiger partial charge in [0.05, 0.1) is 11.6 Å². The average Bonchev–Trinajstić information content (AvgIpc) is 3.13. The zero-order valence-corrected chi connectivity index (χ0v) is 17.8. The number of likely N-dealkylation sites (N-methyl/N-ethyl adjacent to an activating group) is 2. The SMILES string of the molecule is CN1C(=O)C(=Cc2cn(CCOc3ccccc3Cl)c3ccccc23)C(=O)N(C)C1=O. The first-order valence-electron chi connectivity index (χ1n) is 9.65. The molecule has 1 aromatic heterocycles. The van der Waals surface area contributed by atoms with Crippen LogP contribution in [-0.4, -0.2) is 52.9 Å². The number of halogens is 1. The highest BCUT2D eigenvalue weighted by molar-refractivity contribution is 6.32. The standard InChI is InChI=1S/C23H20ClN3O4/c1-25-21(28)17(22(29)26(2)23(25)30)13-15-14-27(19-9-5-3-7-16(15)19)11-12-31-20-10-6-4-8-18(20)24/h3-10,13-14H,11-12H2,1-2H3. The fourth-order valence-corrected chi connectivity index (χ4v) is 3.71. The van der Waals surface area contributed by atoms with E-state index >= 15 is 0 Å². The number of ether oxygens (including phenoxy) is 1. The van der Waals surface area contributed by atoms with Gasteiger partial charge in [-0.1, -0.05) is 41.9 Å². The molecule has 4 amide bonds. The topological polar surface area (TPSA) is 71.8 Å². The molecule has 2 aromatic carbocycles. The van der Waals surface area contributed by atoms with Gasteiger partial charge in [-0.2, -0.15) is 0 Å². The summed E-state index contributed by atoms with van der Waals surface area (Å²) in [6.45, 7) is 0.922. The van der Waals surface area contributed by atoms with Gasteiger partial charge >= 0.3 is 6.03 Å². The van der Waals surface area contributed by atoms with Crippen molar-refractivity contribution in [2.75, 3.05) is 20.7 Å². The van der Waals surface area contributed by atoms with E-state index in [-0.39, 0.29) is 5.57 Å². The van der Waals surface area contributed by atoms with Crippen LogP contribution in [0.3, 0.4) is 0 Å². The Morgan fingerprint density at radius 2 is 1.58 bits per heavy atom. The van der Waals surface area contributed by atoms with E-state index in [1.165, 1.54) is 20.2 Å². The number of benzene rings is 2. The maximum absolute atomic E-state index is 12.5. The fraction of sp³-hybridized carbons (Fsp3) is 0.174. The summed E-state index contributed by atoms with van der Waals surface area (Å²) in [5.74, 6) is -0.629. The number of nitrogens with zero attached hydrogens (tertiary/aromatic N) is 3. The van der Waals surface area contributed by atoms with Crippen LogP contribution in [0, 0.1) is 0 Å². The van der Waals surface area contributed by atoms with Gasteiger partial charge in [0, 0.05) is 36.8 Å². The molecule has 0 unspecified atom stereocenters. The Kier molecular flexibility index (Phi) is 5.52. The molecule has 0 N–H and O–H groups in total. The molecule has 0 spiro atoms. The smallest absolute Gasteiger partial charge is 0.333 e. The minimum Gasteiger partial charge on any atom is -0.490 e. The highest BCUT2D eigenvalue weighted by Crippen LogP contribution is 2.27. The minimum absolute atomic E-state index is 0.0557. The first-order valence-corrected chi connectivity index (χ1v) is 10.0. The summed E-state index contributed by atoms with van der Waals surface area (Å²) in [5, 5.41) is 1.43. The first-order chi connectivity index (χ1) is 14.9. The number of rotatable bonds is 5. The molecule has 4 rings (SSSR count). The number of fused-ring (bicyclic) bond motifs is 1. The Morgan fingerprint density at radius 1 is 0.935 bits per heavy atom. The molecular formula is C23H20ClN3O4. The van der Waals surface area contributed by atoms with Gasteiger partial charge in [-0.25, -0.2) is 4.79 Å². The highest BCUT2D eigenvalue weighted by atomic mass is 35.5. The number of carbonyl (C=O) groups excluding carboxylic acids is 3. The molecule has 1 saturated heterocycles. The third kappa shape index (κ3) is 3.80. The van der Waals surface area contributed by atoms with Crippen LogP contribution in [0.5, 0.6) is 5.75 Å². The molecule has 31 heavy (non-hydrogen) atoms. The van der Waals surface area contributed by atoms with E-state index in [4.69, 9.17) is 16.3 Å². The van der Waals surface area contributed by atoms with Crippen molar-refractivity contribution in [3.63, 3.8) is 0 Å². The van der Waals surface area contributed by atoms with E-state index in [0.717, 1.165) is 20.7 Å². The number of barbiturate groups is 1. The minimum atomic E-state index is -0.647. The molecule has 1 fully saturated rings. The van der Waals surface area contributed by atoms with Crippen LogP contribution >= 0.6 is 11.6 Å². The Bertz CT molecular complexity index is 1200. The monoisotopic (exact) mass is 437 g/mol. The Hall–Kier alpha value is -3.58. The Morgan fingerprint density at radius 3 is 2.29 bits per heavy atom. The fourth-order valence-electron chi connectivity index (χ4n) is 3.52. The largest absolute Gasteiger partial charge is 0.490 e. The lowest BCUT2D eigenvalue weighted by molar-refractivity contribution is -0.134. The van der Waals surface area contributed by atoms with Crippen LogP contribution in [-0.2, 0) is 16.1 Å². The van der Waals surface area contributed by atoms with Crippen LogP contribution < -0.4 is 4.74 Å². The molecule has 7 nitrogen and oxygen atoms in total. The number of aromatic nitrogens is 1. The molecule has 0 bridgehead atoms. The number of urea groups is 1. The summed E-state index contributed by atoms with van der Waals surface area (Å²) in [4.78, 5) is 38.9. The number of carbonyl (C=O) groups is 3. The molecule has 158 valence electrons. The third-order valence-electron chi connectivity index (χ3n) is 5.19. The molecule has 8 heteroatoms. The molecule has 2 heterocycles. The van der Waals surface area contributed by atoms with Crippen molar-refractivity contribution in [3.05, 3.63) is 70.9 Å². The third-order valence-corrected chi connectivity index (χ3v) is 5.50. The van der Waals surface area contributed by atoms with Gasteiger partial charge in [0.15, 0.2) is 0 Å². The maximum Gasteiger partial charge on any atom is 0.333 e. The maximum atomic E-state index is 12.5. The quantitative estimate of drug-likeness (QED) is 0.449. The lowest BCUT2D eigenvalue weighted by Gasteiger charge is -2.28. The van der Waals surface area contributed by atoms with E-state index < -0.39 is 17.8 Å². The summed E-state index contributed by atoms with van der Waals surface area (Å²) in [6.07, 6.45) is 3.41. The Labute approximate surface area is 184 Å². The summed E-state index contributed by atoms with van der Waals surface area (Å²) in [6, 6.07) is 14.3. The van der Waals surface area contributed by atoms with Crippen LogP contribution in [0.25, 0.3) is 17.0 Å². The molecule has 1 aliphatic rings. The first kappa shape index (κ1) is 20.7. The number of imide groups is 2. The average molecular weight is 438 g/mol. The predicted octanol–water partition coefficient (Wildman–Crippen LogP) is 3.81. The van der Waals surface area contributed by atoms with Gasteiger partial charge in [-0.3, -0.25) is 19.4 Å². The van der Waals surface area contributed by atoms with E-state index in [9.17, 15) is 14.4 Å². The lowest BCUT2D eigenvalue weighted by Crippen LogP contribution is -2.52. The van der Waals surface area contributed by atoms with Gasteiger partial charge < -0.3 is 9.30 Å². The van der Waals surface area contributed by atoms with Crippen LogP contribution in [0.2, 0.25) is 5.02 Å². The Balaban J connectivity index is 1.65. The van der Waals surface area contributed by atoms with Gasteiger partial charge in [-0.15, -0.1) is 0 Å². The summed E-state index contributed by atoms with van der Waals surface area (Å²) >= 11 is 6.14. The van der Waals surface area contributed by atoms with Crippen molar-refractivity contribution < 1.29 is 19.1 Å². The second-order valence-corrected chi connectivity index (χ2v) is 7.55. The van der Waals surface area contributed by atoms with Gasteiger partial charge in [-0.05, 0) is 24.3 Å². The molecule has 0 saturated carbocycles. The molecule has 0 atom stereocenters. The summed E-state index contributed by atoms with van der Waals surface area (Å²) in [7, 11) is 2.72. The number of hydrogen-bond donors (Lipinski definition) is 0. The molecule has 0 radical (unpaired) electrons. The van der Waals surface area contributed by atoms with Gasteiger partial charge in [0.1, 0.15) is 17.9 Å². The van der Waals surface area contributed by atoms with E-state index in [0.29, 0.717) is 29.5 Å². The van der Waals surface area contributed by atoms with Crippen molar-refractivity contribution in [1.29, 1.82) is 0 Å². The van der Waals surface area contributed by atoms with Gasteiger partial charge in [0.2, 0.25) is 0 Å². The van der Waals surface area contributed by atoms with E-state index in [1.807, 2.05) is 47.2 Å². The van der Waals surface area contributed by atoms with Crippen molar-refractivity contribution in [1.82, 2.24) is 14.4 Å². The van der Waals surface area contributed by atoms with Crippen molar-refractivity contribution >= 4 is 46.4 Å². The molecule has 1 aliphatic heterocycles. The lowest BCUT2D eigenvalue weighted by atomic mass is 10.1. The van der Waals surface area contributed by atoms with Gasteiger partial charge in [0.25, 0.3) is 11.8 Å². The van der Waals surface area contributed by atoms with E-state index in [2.05, 4.69) is 0 Å². The second-order valence-electron chi connectivity index (χ2n) is 7.14. The zero-order chi connectivity index (χ0) is 22.1. The second kappa shape index (κ2) is 8.28. The van der Waals surface area contributed by atoms with Crippen molar-refractivity contribution in [2.24, 2.45) is 0 Å². The summed E-state index contributed by atoms with van der Waals surface area (Å²) < 4.78 is 7.79.